The van der Waals surface area contributed by atoms with E-state index < -0.39 is 5.60 Å². The first-order chi connectivity index (χ1) is 7.95. The molecule has 0 radical (unpaired) electrons. The molecule has 0 aliphatic carbocycles. The van der Waals surface area contributed by atoms with Crippen molar-refractivity contribution in [3.63, 3.8) is 0 Å². The maximum absolute atomic E-state index is 10.4. The van der Waals surface area contributed by atoms with Gasteiger partial charge in [-0.3, -0.25) is 0 Å². The van der Waals surface area contributed by atoms with Crippen molar-refractivity contribution >= 4 is 0 Å². The first kappa shape index (κ1) is 14.2. The van der Waals surface area contributed by atoms with Crippen LogP contribution in [0.25, 0.3) is 0 Å². The summed E-state index contributed by atoms with van der Waals surface area (Å²) in [5.41, 5.74) is 1.05. The van der Waals surface area contributed by atoms with Crippen LogP contribution in [0.4, 0.5) is 0 Å². The monoisotopic (exact) mass is 236 g/mol. The molecule has 17 heavy (non-hydrogen) atoms. The Morgan fingerprint density at radius 3 is 2.24 bits per heavy atom. The summed E-state index contributed by atoms with van der Waals surface area (Å²) in [5.74, 6) is 0.683. The molecule has 0 saturated carbocycles. The van der Waals surface area contributed by atoms with Crippen LogP contribution in [-0.4, -0.2) is 10.2 Å². The van der Waals surface area contributed by atoms with Gasteiger partial charge in [-0.15, -0.1) is 0 Å². The average molecular weight is 236 g/mol. The maximum Gasteiger partial charge on any atom is 0.0868 e. The van der Waals surface area contributed by atoms with Gasteiger partial charge in [0.05, 0.1) is 12.2 Å². The second-order valence-corrected chi connectivity index (χ2v) is 5.41. The van der Waals surface area contributed by atoms with Crippen molar-refractivity contribution in [2.45, 2.75) is 52.2 Å². The molecule has 0 fully saturated rings. The molecule has 0 spiro atoms. The zero-order chi connectivity index (χ0) is 12.9. The Balaban J connectivity index is 2.61. The topological polar surface area (TPSA) is 40.5 Å². The third-order valence-corrected chi connectivity index (χ3v) is 3.20. The lowest BCUT2D eigenvalue weighted by Gasteiger charge is -2.24. The van der Waals surface area contributed by atoms with Gasteiger partial charge in [-0.1, -0.05) is 44.5 Å². The normalized spacial score (nSPS) is 14.9. The molecule has 0 saturated heterocycles. The molecule has 96 valence electrons. The maximum atomic E-state index is 10.4. The summed E-state index contributed by atoms with van der Waals surface area (Å²) >= 11 is 0. The van der Waals surface area contributed by atoms with Crippen LogP contribution in [-0.2, 0) is 12.2 Å². The Hall–Kier alpha value is -0.860. The molecule has 0 heterocycles. The number of aliphatic hydroxyl groups is 2. The second kappa shape index (κ2) is 6.18. The Kier molecular flexibility index (Phi) is 5.16. The SMILES string of the molecule is CC(C)CCC[C@](C)(O)c1ccc(CO)cc1. The van der Waals surface area contributed by atoms with Crippen LogP contribution >= 0.6 is 0 Å². The highest BCUT2D eigenvalue weighted by molar-refractivity contribution is 5.26. The van der Waals surface area contributed by atoms with E-state index in [1.807, 2.05) is 31.2 Å². The van der Waals surface area contributed by atoms with Gasteiger partial charge in [-0.25, -0.2) is 0 Å². The average Bonchev–Trinajstić information content (AvgIpc) is 2.28. The number of rotatable bonds is 6. The fourth-order valence-electron chi connectivity index (χ4n) is 1.97. The van der Waals surface area contributed by atoms with E-state index in [1.165, 1.54) is 0 Å². The van der Waals surface area contributed by atoms with Crippen LogP contribution in [0.15, 0.2) is 24.3 Å². The third kappa shape index (κ3) is 4.49. The van der Waals surface area contributed by atoms with Crippen LogP contribution in [0, 0.1) is 5.92 Å². The van der Waals surface area contributed by atoms with Crippen molar-refractivity contribution in [3.8, 4) is 0 Å². The van der Waals surface area contributed by atoms with Crippen molar-refractivity contribution in [2.75, 3.05) is 0 Å². The van der Waals surface area contributed by atoms with E-state index in [9.17, 15) is 5.11 Å². The Morgan fingerprint density at radius 1 is 1.18 bits per heavy atom. The fourth-order valence-corrected chi connectivity index (χ4v) is 1.97. The van der Waals surface area contributed by atoms with E-state index in [2.05, 4.69) is 13.8 Å². The minimum Gasteiger partial charge on any atom is -0.392 e. The van der Waals surface area contributed by atoms with Crippen molar-refractivity contribution in [1.29, 1.82) is 0 Å². The van der Waals surface area contributed by atoms with E-state index in [4.69, 9.17) is 5.11 Å². The van der Waals surface area contributed by atoms with Crippen LogP contribution in [0.1, 0.15) is 51.2 Å². The lowest BCUT2D eigenvalue weighted by atomic mass is 9.89. The highest BCUT2D eigenvalue weighted by Crippen LogP contribution is 2.27. The molecule has 1 aromatic rings. The molecule has 1 atom stereocenters. The highest BCUT2D eigenvalue weighted by Gasteiger charge is 2.22. The van der Waals surface area contributed by atoms with Gasteiger partial charge in [0.1, 0.15) is 0 Å². The molecular weight excluding hydrogens is 212 g/mol. The minimum atomic E-state index is -0.761. The minimum absolute atomic E-state index is 0.0514. The number of hydrogen-bond acceptors (Lipinski definition) is 2. The van der Waals surface area contributed by atoms with Gasteiger partial charge in [0.15, 0.2) is 0 Å². The van der Waals surface area contributed by atoms with Crippen molar-refractivity contribution in [3.05, 3.63) is 35.4 Å². The molecule has 0 unspecified atom stereocenters. The van der Waals surface area contributed by atoms with Crippen LogP contribution in [0.2, 0.25) is 0 Å². The van der Waals surface area contributed by atoms with Crippen LogP contribution in [0.5, 0.6) is 0 Å². The van der Waals surface area contributed by atoms with E-state index >= 15 is 0 Å². The van der Waals surface area contributed by atoms with E-state index in [0.29, 0.717) is 5.92 Å². The predicted octanol–water partition coefficient (Wildman–Crippen LogP) is 3.21. The molecule has 2 nitrogen and oxygen atoms in total. The van der Waals surface area contributed by atoms with E-state index in [0.717, 1.165) is 30.4 Å². The number of benzene rings is 1. The fraction of sp³-hybridized carbons (Fsp3) is 0.600. The van der Waals surface area contributed by atoms with Gasteiger partial charge in [0.2, 0.25) is 0 Å². The molecule has 2 N–H and O–H groups in total. The molecule has 0 amide bonds. The summed E-state index contributed by atoms with van der Waals surface area (Å²) in [6, 6.07) is 7.54. The Morgan fingerprint density at radius 2 is 1.76 bits per heavy atom. The first-order valence-corrected chi connectivity index (χ1v) is 6.38. The highest BCUT2D eigenvalue weighted by atomic mass is 16.3. The lowest BCUT2D eigenvalue weighted by Crippen LogP contribution is -2.21. The number of aliphatic hydroxyl groups excluding tert-OH is 1. The molecule has 2 heteroatoms. The molecular formula is C15H24O2. The van der Waals surface area contributed by atoms with Crippen LogP contribution < -0.4 is 0 Å². The van der Waals surface area contributed by atoms with Crippen molar-refractivity contribution in [1.82, 2.24) is 0 Å². The third-order valence-electron chi connectivity index (χ3n) is 3.20. The summed E-state index contributed by atoms with van der Waals surface area (Å²) in [6.45, 7) is 6.31. The second-order valence-electron chi connectivity index (χ2n) is 5.41. The summed E-state index contributed by atoms with van der Waals surface area (Å²) < 4.78 is 0. The Labute approximate surface area is 104 Å². The molecule has 1 rings (SSSR count). The van der Waals surface area contributed by atoms with Gasteiger partial charge in [0, 0.05) is 0 Å². The van der Waals surface area contributed by atoms with Crippen LogP contribution in [0.3, 0.4) is 0 Å². The molecule has 0 aliphatic rings. The molecule has 1 aromatic carbocycles. The zero-order valence-corrected chi connectivity index (χ0v) is 11.1. The molecule has 0 bridgehead atoms. The Bertz CT molecular complexity index is 325. The zero-order valence-electron chi connectivity index (χ0n) is 11.1. The smallest absolute Gasteiger partial charge is 0.0868 e. The summed E-state index contributed by atoms with van der Waals surface area (Å²) in [5, 5.41) is 19.4. The van der Waals surface area contributed by atoms with Gasteiger partial charge in [-0.2, -0.15) is 0 Å². The lowest BCUT2D eigenvalue weighted by molar-refractivity contribution is 0.0441. The molecule has 0 aromatic heterocycles. The standard InChI is InChI=1S/C15H24O2/c1-12(2)5-4-10-15(3,17)14-8-6-13(11-16)7-9-14/h6-9,12,16-17H,4-5,10-11H2,1-3H3/t15-/m0/s1. The number of hydrogen-bond donors (Lipinski definition) is 2. The van der Waals surface area contributed by atoms with Gasteiger partial charge >= 0.3 is 0 Å². The first-order valence-electron chi connectivity index (χ1n) is 6.38. The summed E-state index contributed by atoms with van der Waals surface area (Å²) in [4.78, 5) is 0. The quantitative estimate of drug-likeness (QED) is 0.796. The van der Waals surface area contributed by atoms with Gasteiger partial charge in [0.25, 0.3) is 0 Å². The van der Waals surface area contributed by atoms with Crippen molar-refractivity contribution < 1.29 is 10.2 Å². The van der Waals surface area contributed by atoms with Gasteiger partial charge in [-0.05, 0) is 36.8 Å². The predicted molar refractivity (Wildman–Crippen MR) is 70.6 cm³/mol. The summed E-state index contributed by atoms with van der Waals surface area (Å²) in [6.07, 6.45) is 2.96. The molecule has 0 aliphatic heterocycles. The largest absolute Gasteiger partial charge is 0.392 e. The van der Waals surface area contributed by atoms with E-state index in [-0.39, 0.29) is 6.61 Å². The van der Waals surface area contributed by atoms with E-state index in [1.54, 1.807) is 0 Å². The summed E-state index contributed by atoms with van der Waals surface area (Å²) in [7, 11) is 0. The van der Waals surface area contributed by atoms with Crippen molar-refractivity contribution in [2.24, 2.45) is 5.92 Å². The van der Waals surface area contributed by atoms with Gasteiger partial charge < -0.3 is 10.2 Å².